The van der Waals surface area contributed by atoms with Crippen LogP contribution in [0.2, 0.25) is 5.02 Å². The highest BCUT2D eigenvalue weighted by molar-refractivity contribution is 8.01. The summed E-state index contributed by atoms with van der Waals surface area (Å²) >= 11 is 7.50. The van der Waals surface area contributed by atoms with Crippen LogP contribution in [0.4, 0.5) is 5.82 Å². The van der Waals surface area contributed by atoms with Crippen LogP contribution in [0.15, 0.2) is 12.1 Å². The Morgan fingerprint density at radius 2 is 2.29 bits per heavy atom. The first kappa shape index (κ1) is 16.4. The minimum atomic E-state index is -3.36. The summed E-state index contributed by atoms with van der Waals surface area (Å²) in [6.07, 6.45) is 0. The molecule has 21 heavy (non-hydrogen) atoms. The summed E-state index contributed by atoms with van der Waals surface area (Å²) in [6.45, 7) is 1.92. The molecule has 0 radical (unpaired) electrons. The fourth-order valence-corrected chi connectivity index (χ4v) is 5.20. The molecule has 2 heterocycles. The fourth-order valence-electron chi connectivity index (χ4n) is 2.05. The quantitative estimate of drug-likeness (QED) is 0.883. The predicted molar refractivity (Wildman–Crippen MR) is 85.3 cm³/mol. The van der Waals surface area contributed by atoms with E-state index >= 15 is 0 Å². The van der Waals surface area contributed by atoms with Gasteiger partial charge in [0.2, 0.25) is 0 Å². The van der Waals surface area contributed by atoms with Crippen molar-refractivity contribution in [3.63, 3.8) is 0 Å². The smallest absolute Gasteiger partial charge is 0.275 e. The first-order valence-electron chi connectivity index (χ1n) is 6.39. The number of nitrogens with zero attached hydrogens (tertiary/aromatic N) is 2. The topological polar surface area (TPSA) is 93.4 Å². The van der Waals surface area contributed by atoms with Gasteiger partial charge in [-0.05, 0) is 12.1 Å². The van der Waals surface area contributed by atoms with Crippen molar-refractivity contribution in [2.75, 3.05) is 29.5 Å². The monoisotopic (exact) mass is 349 g/mol. The summed E-state index contributed by atoms with van der Waals surface area (Å²) in [5.74, 6) is 0.710. The van der Waals surface area contributed by atoms with E-state index in [1.54, 1.807) is 6.92 Å². The third-order valence-corrected chi connectivity index (χ3v) is 6.83. The number of anilines is 1. The Hall–Kier alpha value is -0.990. The zero-order valence-electron chi connectivity index (χ0n) is 11.5. The largest absolute Gasteiger partial charge is 0.384 e. The summed E-state index contributed by atoms with van der Waals surface area (Å²) in [6, 6.07) is 2.98. The second-order valence-corrected chi connectivity index (χ2v) is 8.55. The molecule has 1 fully saturated rings. The Bertz CT molecular complexity index is 651. The van der Waals surface area contributed by atoms with Crippen molar-refractivity contribution in [2.45, 2.75) is 12.3 Å². The lowest BCUT2D eigenvalue weighted by atomic mass is 10.3. The number of amides is 1. The molecule has 1 aliphatic rings. The number of aromatic nitrogens is 1. The van der Waals surface area contributed by atoms with Gasteiger partial charge in [0.25, 0.3) is 5.91 Å². The van der Waals surface area contributed by atoms with Crippen LogP contribution in [0.1, 0.15) is 17.4 Å². The Labute approximate surface area is 133 Å². The highest BCUT2D eigenvalue weighted by atomic mass is 35.5. The maximum absolute atomic E-state index is 12.6. The number of nitrogen functional groups attached to an aromatic ring is 1. The van der Waals surface area contributed by atoms with Gasteiger partial charge in [-0.25, -0.2) is 13.4 Å². The molecule has 2 rings (SSSR count). The summed E-state index contributed by atoms with van der Waals surface area (Å²) in [5.41, 5.74) is 5.58. The molecule has 1 amide bonds. The Kier molecular flexibility index (Phi) is 5.00. The van der Waals surface area contributed by atoms with E-state index in [4.69, 9.17) is 17.3 Å². The van der Waals surface area contributed by atoms with Gasteiger partial charge in [0.05, 0.1) is 5.02 Å². The number of halogens is 1. The maximum Gasteiger partial charge on any atom is 0.275 e. The minimum Gasteiger partial charge on any atom is -0.384 e. The average molecular weight is 350 g/mol. The van der Waals surface area contributed by atoms with Gasteiger partial charge in [-0.2, -0.15) is 11.8 Å². The molecular formula is C12H16ClN3O3S2. The Morgan fingerprint density at radius 3 is 2.95 bits per heavy atom. The van der Waals surface area contributed by atoms with E-state index in [1.807, 2.05) is 0 Å². The van der Waals surface area contributed by atoms with E-state index in [2.05, 4.69) is 4.98 Å². The molecule has 0 aliphatic carbocycles. The molecule has 1 atom stereocenters. The first-order valence-corrected chi connectivity index (χ1v) is 9.64. The van der Waals surface area contributed by atoms with Crippen molar-refractivity contribution in [1.29, 1.82) is 0 Å². The van der Waals surface area contributed by atoms with Gasteiger partial charge >= 0.3 is 0 Å². The number of hydrogen-bond donors (Lipinski definition) is 1. The summed E-state index contributed by atoms with van der Waals surface area (Å²) in [4.78, 5) is 17.9. The van der Waals surface area contributed by atoms with Crippen LogP contribution in [-0.4, -0.2) is 53.4 Å². The molecule has 1 saturated heterocycles. The van der Waals surface area contributed by atoms with E-state index in [0.717, 1.165) is 0 Å². The molecule has 0 saturated carbocycles. The molecule has 1 unspecified atom stereocenters. The molecule has 2 N–H and O–H groups in total. The SMILES string of the molecule is CCS(=O)(=O)C1CSCCN1C(=O)c1nc(N)ccc1Cl. The van der Waals surface area contributed by atoms with Gasteiger partial charge in [0.15, 0.2) is 9.84 Å². The van der Waals surface area contributed by atoms with Gasteiger partial charge in [-0.3, -0.25) is 4.79 Å². The number of carbonyl (C=O) groups excluding carboxylic acids is 1. The number of carbonyl (C=O) groups is 1. The molecule has 0 spiro atoms. The van der Waals surface area contributed by atoms with Gasteiger partial charge in [-0.1, -0.05) is 18.5 Å². The van der Waals surface area contributed by atoms with E-state index in [-0.39, 0.29) is 22.3 Å². The Balaban J connectivity index is 2.37. The summed E-state index contributed by atoms with van der Waals surface area (Å²) in [5, 5.41) is -0.673. The number of hydrogen-bond acceptors (Lipinski definition) is 6. The molecular weight excluding hydrogens is 334 g/mol. The van der Waals surface area contributed by atoms with Crippen molar-refractivity contribution >= 4 is 44.9 Å². The van der Waals surface area contributed by atoms with E-state index in [0.29, 0.717) is 18.1 Å². The van der Waals surface area contributed by atoms with Crippen molar-refractivity contribution in [3.05, 3.63) is 22.8 Å². The fraction of sp³-hybridized carbons (Fsp3) is 0.500. The van der Waals surface area contributed by atoms with Crippen molar-refractivity contribution in [2.24, 2.45) is 0 Å². The van der Waals surface area contributed by atoms with Crippen molar-refractivity contribution in [1.82, 2.24) is 9.88 Å². The lowest BCUT2D eigenvalue weighted by Gasteiger charge is -2.34. The number of sulfone groups is 1. The standard InChI is InChI=1S/C12H16ClN3O3S2/c1-2-21(18,19)10-7-20-6-5-16(10)12(17)11-8(13)3-4-9(14)15-11/h3-4,10H,2,5-7H2,1H3,(H2,14,15). The number of thioether (sulfide) groups is 1. The van der Waals surface area contributed by atoms with E-state index in [1.165, 1.54) is 28.8 Å². The highest BCUT2D eigenvalue weighted by Gasteiger charge is 2.37. The van der Waals surface area contributed by atoms with Crippen LogP contribution in [0.25, 0.3) is 0 Å². The van der Waals surface area contributed by atoms with Crippen molar-refractivity contribution in [3.8, 4) is 0 Å². The normalized spacial score (nSPS) is 19.5. The Morgan fingerprint density at radius 1 is 1.57 bits per heavy atom. The van der Waals surface area contributed by atoms with Gasteiger partial charge < -0.3 is 10.6 Å². The summed E-state index contributed by atoms with van der Waals surface area (Å²) in [7, 11) is -3.36. The zero-order valence-corrected chi connectivity index (χ0v) is 13.8. The molecule has 116 valence electrons. The molecule has 0 bridgehead atoms. The van der Waals surface area contributed by atoms with Gasteiger partial charge in [-0.15, -0.1) is 0 Å². The lowest BCUT2D eigenvalue weighted by molar-refractivity contribution is 0.0744. The molecule has 1 aromatic rings. The molecule has 1 aliphatic heterocycles. The van der Waals surface area contributed by atoms with E-state index < -0.39 is 21.1 Å². The van der Waals surface area contributed by atoms with Crippen LogP contribution < -0.4 is 5.73 Å². The molecule has 6 nitrogen and oxygen atoms in total. The molecule has 0 aromatic carbocycles. The van der Waals surface area contributed by atoms with Crippen LogP contribution in [0.3, 0.4) is 0 Å². The summed E-state index contributed by atoms with van der Waals surface area (Å²) < 4.78 is 24.3. The second kappa shape index (κ2) is 6.41. The van der Waals surface area contributed by atoms with Crippen molar-refractivity contribution < 1.29 is 13.2 Å². The number of pyridine rings is 1. The van der Waals surface area contributed by atoms with Crippen LogP contribution in [-0.2, 0) is 9.84 Å². The molecule has 9 heteroatoms. The first-order chi connectivity index (χ1) is 9.86. The third-order valence-electron chi connectivity index (χ3n) is 3.23. The third kappa shape index (κ3) is 3.44. The zero-order chi connectivity index (χ0) is 15.6. The van der Waals surface area contributed by atoms with Crippen LogP contribution >= 0.6 is 23.4 Å². The average Bonchev–Trinajstić information content (AvgIpc) is 2.49. The van der Waals surface area contributed by atoms with Gasteiger partial charge in [0.1, 0.15) is 16.9 Å². The predicted octanol–water partition coefficient (Wildman–Crippen LogP) is 1.27. The highest BCUT2D eigenvalue weighted by Crippen LogP contribution is 2.25. The second-order valence-electron chi connectivity index (χ2n) is 4.55. The molecule has 1 aromatic heterocycles. The van der Waals surface area contributed by atoms with Gasteiger partial charge in [0, 0.05) is 23.8 Å². The van der Waals surface area contributed by atoms with Crippen LogP contribution in [0, 0.1) is 0 Å². The maximum atomic E-state index is 12.6. The lowest BCUT2D eigenvalue weighted by Crippen LogP contribution is -2.50. The number of nitrogens with two attached hydrogens (primary N) is 1. The minimum absolute atomic E-state index is 0.000121. The van der Waals surface area contributed by atoms with Crippen LogP contribution in [0.5, 0.6) is 0 Å². The number of rotatable bonds is 3. The van der Waals surface area contributed by atoms with E-state index in [9.17, 15) is 13.2 Å².